The molecule has 1 aromatic rings. The van der Waals surface area contributed by atoms with Crippen LogP contribution in [0.1, 0.15) is 16.6 Å². The van der Waals surface area contributed by atoms with E-state index in [1.165, 1.54) is 27.1 Å². The van der Waals surface area contributed by atoms with Crippen molar-refractivity contribution in [1.29, 1.82) is 0 Å². The Hall–Kier alpha value is 0.740. The highest BCUT2D eigenvalue weighted by molar-refractivity contribution is 14.1. The van der Waals surface area contributed by atoms with Crippen molar-refractivity contribution in [2.24, 2.45) is 0 Å². The van der Waals surface area contributed by atoms with Crippen molar-refractivity contribution in [2.75, 3.05) is 18.1 Å². The van der Waals surface area contributed by atoms with Crippen LogP contribution in [-0.2, 0) is 0 Å². The van der Waals surface area contributed by atoms with Crippen LogP contribution in [0.4, 0.5) is 0 Å². The molecule has 96 valence electrons. The Morgan fingerprint density at radius 2 is 2.06 bits per heavy atom. The standard InChI is InChI=1S/C13H12I2OS2/c1-2-4-16-12-10(7-9(14)8-11(12)15)13-17-5-3-6-18-13/h1,7-8,13H,3-6H2. The topological polar surface area (TPSA) is 9.23 Å². The lowest BCUT2D eigenvalue weighted by molar-refractivity contribution is 0.364. The van der Waals surface area contributed by atoms with Crippen LogP contribution in [-0.4, -0.2) is 18.1 Å². The third-order valence-corrected chi connectivity index (χ3v) is 6.82. The van der Waals surface area contributed by atoms with Gasteiger partial charge in [-0.25, -0.2) is 0 Å². The molecule has 0 N–H and O–H groups in total. The molecule has 0 aliphatic carbocycles. The Morgan fingerprint density at radius 3 is 2.72 bits per heavy atom. The van der Waals surface area contributed by atoms with E-state index in [9.17, 15) is 0 Å². The minimum Gasteiger partial charge on any atom is -0.479 e. The quantitative estimate of drug-likeness (QED) is 0.436. The molecule has 1 aromatic carbocycles. The van der Waals surface area contributed by atoms with E-state index in [1.54, 1.807) is 0 Å². The van der Waals surface area contributed by atoms with Crippen LogP contribution in [0, 0.1) is 19.5 Å². The summed E-state index contributed by atoms with van der Waals surface area (Å²) in [6.45, 7) is 0.339. The number of thioether (sulfide) groups is 2. The van der Waals surface area contributed by atoms with Crippen molar-refractivity contribution in [1.82, 2.24) is 0 Å². The van der Waals surface area contributed by atoms with Gasteiger partial charge in [0.1, 0.15) is 12.4 Å². The molecule has 0 unspecified atom stereocenters. The average molecular weight is 502 g/mol. The van der Waals surface area contributed by atoms with E-state index in [0.29, 0.717) is 11.2 Å². The summed E-state index contributed by atoms with van der Waals surface area (Å²) in [5.74, 6) is 5.98. The summed E-state index contributed by atoms with van der Waals surface area (Å²) in [4.78, 5) is 0. The Morgan fingerprint density at radius 1 is 1.33 bits per heavy atom. The van der Waals surface area contributed by atoms with Crippen molar-refractivity contribution >= 4 is 68.7 Å². The molecule has 0 spiro atoms. The number of ether oxygens (including phenoxy) is 1. The van der Waals surface area contributed by atoms with Crippen LogP contribution in [0.25, 0.3) is 0 Å². The molecule has 2 rings (SSSR count). The second-order valence-corrected chi connectivity index (χ2v) is 8.86. The molecule has 1 heterocycles. The second kappa shape index (κ2) is 7.50. The van der Waals surface area contributed by atoms with Gasteiger partial charge in [-0.2, -0.15) is 0 Å². The van der Waals surface area contributed by atoms with E-state index < -0.39 is 0 Å². The summed E-state index contributed by atoms with van der Waals surface area (Å²) < 4.78 is 8.64. The van der Waals surface area contributed by atoms with Crippen LogP contribution in [0.2, 0.25) is 0 Å². The van der Waals surface area contributed by atoms with Crippen molar-refractivity contribution in [2.45, 2.75) is 11.0 Å². The number of benzene rings is 1. The van der Waals surface area contributed by atoms with Crippen LogP contribution in [0.3, 0.4) is 0 Å². The first-order valence-electron chi connectivity index (χ1n) is 5.51. The third kappa shape index (κ3) is 3.87. The number of rotatable bonds is 3. The lowest BCUT2D eigenvalue weighted by Gasteiger charge is -2.24. The maximum atomic E-state index is 5.75. The van der Waals surface area contributed by atoms with Crippen molar-refractivity contribution in [3.63, 3.8) is 0 Å². The van der Waals surface area contributed by atoms with Gasteiger partial charge in [-0.1, -0.05) is 5.92 Å². The first-order valence-corrected chi connectivity index (χ1v) is 9.76. The van der Waals surface area contributed by atoms with Crippen LogP contribution >= 0.6 is 68.7 Å². The van der Waals surface area contributed by atoms with E-state index in [1.807, 2.05) is 23.5 Å². The van der Waals surface area contributed by atoms with Gasteiger partial charge in [-0.05, 0) is 75.2 Å². The van der Waals surface area contributed by atoms with Gasteiger partial charge in [0, 0.05) is 9.13 Å². The summed E-state index contributed by atoms with van der Waals surface area (Å²) in [5, 5.41) is 0. The van der Waals surface area contributed by atoms with E-state index in [4.69, 9.17) is 11.2 Å². The van der Waals surface area contributed by atoms with Crippen molar-refractivity contribution in [3.8, 4) is 18.1 Å². The van der Waals surface area contributed by atoms with Crippen LogP contribution in [0.5, 0.6) is 5.75 Å². The van der Waals surface area contributed by atoms with Gasteiger partial charge >= 0.3 is 0 Å². The first kappa shape index (κ1) is 15.1. The Balaban J connectivity index is 2.33. The van der Waals surface area contributed by atoms with Crippen LogP contribution < -0.4 is 4.74 Å². The summed E-state index contributed by atoms with van der Waals surface area (Å²) in [5.41, 5.74) is 1.29. The molecule has 0 amide bonds. The zero-order valence-corrected chi connectivity index (χ0v) is 15.6. The van der Waals surface area contributed by atoms with Gasteiger partial charge in [0.2, 0.25) is 0 Å². The normalized spacial score (nSPS) is 16.3. The Bertz CT molecular complexity index is 465. The van der Waals surface area contributed by atoms with E-state index >= 15 is 0 Å². The number of hydrogen-bond acceptors (Lipinski definition) is 3. The zero-order chi connectivity index (χ0) is 13.0. The largest absolute Gasteiger partial charge is 0.479 e. The minimum absolute atomic E-state index is 0.339. The summed E-state index contributed by atoms with van der Waals surface area (Å²) >= 11 is 8.70. The highest BCUT2D eigenvalue weighted by atomic mass is 127. The molecule has 0 radical (unpaired) electrons. The monoisotopic (exact) mass is 502 g/mol. The van der Waals surface area contributed by atoms with Gasteiger partial charge in [-0.3, -0.25) is 0 Å². The summed E-state index contributed by atoms with van der Waals surface area (Å²) in [6, 6.07) is 4.36. The maximum Gasteiger partial charge on any atom is 0.148 e. The molecule has 1 aliphatic heterocycles. The highest BCUT2D eigenvalue weighted by Gasteiger charge is 2.22. The molecule has 0 atom stereocenters. The maximum absolute atomic E-state index is 5.75. The predicted molar refractivity (Wildman–Crippen MR) is 98.5 cm³/mol. The molecule has 0 saturated carbocycles. The van der Waals surface area contributed by atoms with Gasteiger partial charge in [0.15, 0.2) is 0 Å². The highest BCUT2D eigenvalue weighted by Crippen LogP contribution is 2.48. The number of hydrogen-bond donors (Lipinski definition) is 0. The average Bonchev–Trinajstić information content (AvgIpc) is 2.38. The fourth-order valence-corrected chi connectivity index (χ4v) is 6.64. The van der Waals surface area contributed by atoms with E-state index in [2.05, 4.69) is 63.2 Å². The van der Waals surface area contributed by atoms with E-state index in [0.717, 1.165) is 9.32 Å². The molecular weight excluding hydrogens is 490 g/mol. The fraction of sp³-hybridized carbons (Fsp3) is 0.385. The second-order valence-electron chi connectivity index (χ2n) is 3.73. The fourth-order valence-electron chi connectivity index (χ4n) is 1.69. The molecule has 0 bridgehead atoms. The molecule has 0 aromatic heterocycles. The number of terminal acetylenes is 1. The van der Waals surface area contributed by atoms with Gasteiger partial charge in [-0.15, -0.1) is 29.9 Å². The predicted octanol–water partition coefficient (Wildman–Crippen LogP) is 4.78. The Kier molecular flexibility index (Phi) is 6.31. The van der Waals surface area contributed by atoms with Crippen molar-refractivity contribution in [3.05, 3.63) is 24.8 Å². The third-order valence-electron chi connectivity index (χ3n) is 2.42. The lowest BCUT2D eigenvalue weighted by Crippen LogP contribution is -2.06. The van der Waals surface area contributed by atoms with Crippen LogP contribution in [0.15, 0.2) is 12.1 Å². The summed E-state index contributed by atoms with van der Waals surface area (Å²) in [6.07, 6.45) is 6.59. The number of halogens is 2. The van der Waals surface area contributed by atoms with E-state index in [-0.39, 0.29) is 0 Å². The summed E-state index contributed by atoms with van der Waals surface area (Å²) in [7, 11) is 0. The van der Waals surface area contributed by atoms with Gasteiger partial charge in [0.25, 0.3) is 0 Å². The molecule has 1 aliphatic rings. The molecular formula is C13H12I2OS2. The SMILES string of the molecule is C#CCOc1c(I)cc(I)cc1C1SCCCS1. The molecule has 1 saturated heterocycles. The zero-order valence-electron chi connectivity index (χ0n) is 9.62. The molecule has 18 heavy (non-hydrogen) atoms. The first-order chi connectivity index (χ1) is 8.72. The van der Waals surface area contributed by atoms with Gasteiger partial charge < -0.3 is 4.74 Å². The smallest absolute Gasteiger partial charge is 0.148 e. The lowest BCUT2D eigenvalue weighted by atomic mass is 10.2. The Labute approximate surface area is 144 Å². The molecule has 1 fully saturated rings. The molecule has 1 nitrogen and oxygen atoms in total. The minimum atomic E-state index is 0.339. The van der Waals surface area contributed by atoms with Gasteiger partial charge in [0.05, 0.1) is 8.15 Å². The molecule has 5 heteroatoms. The van der Waals surface area contributed by atoms with Crippen molar-refractivity contribution < 1.29 is 4.74 Å².